The average Bonchev–Trinajstić information content (AvgIpc) is 2.91. The van der Waals surface area contributed by atoms with Gasteiger partial charge in [-0.3, -0.25) is 4.79 Å². The van der Waals surface area contributed by atoms with Gasteiger partial charge in [0.25, 0.3) is 5.91 Å². The van der Waals surface area contributed by atoms with E-state index < -0.39 is 0 Å². The van der Waals surface area contributed by atoms with E-state index in [0.717, 1.165) is 35.2 Å². The molecule has 4 heteroatoms. The SMILES string of the molecule is O=C(c1sc2ccccc2c1Cl)N1CCCc2ccccc21. The van der Waals surface area contributed by atoms with E-state index in [0.29, 0.717) is 9.90 Å². The number of hydrogen-bond acceptors (Lipinski definition) is 2. The summed E-state index contributed by atoms with van der Waals surface area (Å²) < 4.78 is 1.06. The lowest BCUT2D eigenvalue weighted by atomic mass is 10.0. The van der Waals surface area contributed by atoms with Crippen LogP contribution in [0.4, 0.5) is 5.69 Å². The molecule has 1 aliphatic rings. The number of fused-ring (bicyclic) bond motifs is 2. The van der Waals surface area contributed by atoms with E-state index in [9.17, 15) is 4.79 Å². The zero-order valence-corrected chi connectivity index (χ0v) is 13.5. The molecule has 3 aromatic rings. The van der Waals surface area contributed by atoms with Gasteiger partial charge in [0.15, 0.2) is 0 Å². The Morgan fingerprint density at radius 2 is 1.86 bits per heavy atom. The van der Waals surface area contributed by atoms with Crippen LogP contribution in [-0.2, 0) is 6.42 Å². The van der Waals surface area contributed by atoms with E-state index in [2.05, 4.69) is 6.07 Å². The van der Waals surface area contributed by atoms with Crippen LogP contribution in [0.3, 0.4) is 0 Å². The molecular formula is C18H14ClNOS. The molecule has 1 aliphatic heterocycles. The van der Waals surface area contributed by atoms with Gasteiger partial charge in [0.05, 0.1) is 5.02 Å². The first-order valence-corrected chi connectivity index (χ1v) is 8.52. The highest BCUT2D eigenvalue weighted by Gasteiger charge is 2.26. The Hall–Kier alpha value is -1.84. The standard InChI is InChI=1S/C18H14ClNOS/c19-16-13-8-2-4-10-15(13)22-17(16)18(21)20-11-5-7-12-6-1-3-9-14(12)20/h1-4,6,8-10H,5,7,11H2. The lowest BCUT2D eigenvalue weighted by Gasteiger charge is -2.29. The Balaban J connectivity index is 1.80. The maximum atomic E-state index is 13.0. The van der Waals surface area contributed by atoms with Crippen LogP contribution in [-0.4, -0.2) is 12.5 Å². The zero-order chi connectivity index (χ0) is 15.1. The van der Waals surface area contributed by atoms with Crippen molar-refractivity contribution in [3.63, 3.8) is 0 Å². The Morgan fingerprint density at radius 3 is 2.73 bits per heavy atom. The normalized spacial score (nSPS) is 14.1. The van der Waals surface area contributed by atoms with Crippen molar-refractivity contribution in [3.8, 4) is 0 Å². The largest absolute Gasteiger partial charge is 0.307 e. The summed E-state index contributed by atoms with van der Waals surface area (Å²) in [5.41, 5.74) is 2.26. The predicted molar refractivity (Wildman–Crippen MR) is 93.3 cm³/mol. The molecule has 0 atom stereocenters. The summed E-state index contributed by atoms with van der Waals surface area (Å²) in [5.74, 6) is 0.0124. The first kappa shape index (κ1) is 13.8. The third-order valence-electron chi connectivity index (χ3n) is 4.08. The number of nitrogens with zero attached hydrogens (tertiary/aromatic N) is 1. The number of amides is 1. The maximum absolute atomic E-state index is 13.0. The van der Waals surface area contributed by atoms with Crippen LogP contribution >= 0.6 is 22.9 Å². The van der Waals surface area contributed by atoms with Crippen molar-refractivity contribution in [2.24, 2.45) is 0 Å². The number of anilines is 1. The van der Waals surface area contributed by atoms with Crippen LogP contribution in [0.2, 0.25) is 5.02 Å². The molecule has 0 N–H and O–H groups in total. The maximum Gasteiger partial charge on any atom is 0.269 e. The van der Waals surface area contributed by atoms with Crippen LogP contribution in [0, 0.1) is 0 Å². The lowest BCUT2D eigenvalue weighted by Crippen LogP contribution is -2.35. The third kappa shape index (κ3) is 2.13. The molecule has 0 saturated heterocycles. The molecular weight excluding hydrogens is 314 g/mol. The molecule has 0 saturated carbocycles. The van der Waals surface area contributed by atoms with Gasteiger partial charge in [-0.25, -0.2) is 0 Å². The van der Waals surface area contributed by atoms with Crippen molar-refractivity contribution in [1.82, 2.24) is 0 Å². The summed E-state index contributed by atoms with van der Waals surface area (Å²) in [7, 11) is 0. The molecule has 2 aromatic carbocycles. The third-order valence-corrected chi connectivity index (χ3v) is 5.75. The average molecular weight is 328 g/mol. The fraction of sp³-hybridized carbons (Fsp3) is 0.167. The van der Waals surface area contributed by atoms with Crippen molar-refractivity contribution < 1.29 is 4.79 Å². The molecule has 1 amide bonds. The van der Waals surface area contributed by atoms with Crippen molar-refractivity contribution in [1.29, 1.82) is 0 Å². The number of aryl methyl sites for hydroxylation is 1. The topological polar surface area (TPSA) is 20.3 Å². The number of halogens is 1. The molecule has 0 radical (unpaired) electrons. The second-order valence-corrected chi connectivity index (χ2v) is 6.86. The molecule has 1 aromatic heterocycles. The van der Waals surface area contributed by atoms with E-state index in [1.165, 1.54) is 16.9 Å². The predicted octanol–water partition coefficient (Wildman–Crippen LogP) is 5.15. The minimum Gasteiger partial charge on any atom is -0.307 e. The summed E-state index contributed by atoms with van der Waals surface area (Å²) >= 11 is 7.94. The van der Waals surface area contributed by atoms with Gasteiger partial charge in [-0.2, -0.15) is 0 Å². The van der Waals surface area contributed by atoms with E-state index in [1.807, 2.05) is 47.4 Å². The zero-order valence-electron chi connectivity index (χ0n) is 11.9. The van der Waals surface area contributed by atoms with Crippen LogP contribution in [0.15, 0.2) is 48.5 Å². The number of carbonyl (C=O) groups excluding carboxylic acids is 1. The Labute approximate surface area is 137 Å². The summed E-state index contributed by atoms with van der Waals surface area (Å²) in [6, 6.07) is 16.0. The summed E-state index contributed by atoms with van der Waals surface area (Å²) in [6.07, 6.45) is 2.02. The lowest BCUT2D eigenvalue weighted by molar-refractivity contribution is 0.0989. The smallest absolute Gasteiger partial charge is 0.269 e. The van der Waals surface area contributed by atoms with Gasteiger partial charge in [0, 0.05) is 22.3 Å². The van der Waals surface area contributed by atoms with Crippen molar-refractivity contribution in [2.75, 3.05) is 11.4 Å². The monoisotopic (exact) mass is 327 g/mol. The van der Waals surface area contributed by atoms with E-state index in [-0.39, 0.29) is 5.91 Å². The molecule has 4 rings (SSSR count). The van der Waals surface area contributed by atoms with Crippen LogP contribution < -0.4 is 4.90 Å². The van der Waals surface area contributed by atoms with Gasteiger partial charge in [0.2, 0.25) is 0 Å². The van der Waals surface area contributed by atoms with Gasteiger partial charge >= 0.3 is 0 Å². The highest BCUT2D eigenvalue weighted by Crippen LogP contribution is 2.37. The molecule has 0 spiro atoms. The Morgan fingerprint density at radius 1 is 1.09 bits per heavy atom. The van der Waals surface area contributed by atoms with Gasteiger partial charge in [-0.1, -0.05) is 48.0 Å². The Bertz CT molecular complexity index is 870. The van der Waals surface area contributed by atoms with Gasteiger partial charge in [-0.15, -0.1) is 11.3 Å². The summed E-state index contributed by atoms with van der Waals surface area (Å²) in [5, 5.41) is 1.54. The minimum atomic E-state index is 0.0124. The first-order valence-electron chi connectivity index (χ1n) is 7.32. The molecule has 0 unspecified atom stereocenters. The number of carbonyl (C=O) groups is 1. The fourth-order valence-electron chi connectivity index (χ4n) is 3.02. The van der Waals surface area contributed by atoms with Crippen LogP contribution in [0.1, 0.15) is 21.7 Å². The number of para-hydroxylation sites is 1. The first-order chi connectivity index (χ1) is 10.8. The molecule has 0 fully saturated rings. The molecule has 0 aliphatic carbocycles. The highest BCUT2D eigenvalue weighted by molar-refractivity contribution is 7.21. The molecule has 110 valence electrons. The summed E-state index contributed by atoms with van der Waals surface area (Å²) in [4.78, 5) is 15.5. The van der Waals surface area contributed by atoms with Crippen LogP contribution in [0.5, 0.6) is 0 Å². The number of rotatable bonds is 1. The molecule has 2 heterocycles. The highest BCUT2D eigenvalue weighted by atomic mass is 35.5. The van der Waals surface area contributed by atoms with Crippen LogP contribution in [0.25, 0.3) is 10.1 Å². The van der Waals surface area contributed by atoms with Crippen molar-refractivity contribution >= 4 is 44.6 Å². The van der Waals surface area contributed by atoms with E-state index in [1.54, 1.807) is 0 Å². The second kappa shape index (κ2) is 5.41. The minimum absolute atomic E-state index is 0.0124. The molecule has 2 nitrogen and oxygen atoms in total. The number of benzene rings is 2. The van der Waals surface area contributed by atoms with Gasteiger partial charge in [0.1, 0.15) is 4.88 Å². The second-order valence-electron chi connectivity index (χ2n) is 5.43. The van der Waals surface area contributed by atoms with Gasteiger partial charge < -0.3 is 4.90 Å². The quantitative estimate of drug-likeness (QED) is 0.605. The Kier molecular flexibility index (Phi) is 3.40. The van der Waals surface area contributed by atoms with Gasteiger partial charge in [-0.05, 0) is 30.5 Å². The number of thiophene rings is 1. The van der Waals surface area contributed by atoms with E-state index in [4.69, 9.17) is 11.6 Å². The fourth-order valence-corrected chi connectivity index (χ4v) is 4.48. The van der Waals surface area contributed by atoms with Crippen molar-refractivity contribution in [2.45, 2.75) is 12.8 Å². The van der Waals surface area contributed by atoms with Crippen molar-refractivity contribution in [3.05, 3.63) is 64.0 Å². The van der Waals surface area contributed by atoms with E-state index >= 15 is 0 Å². The summed E-state index contributed by atoms with van der Waals surface area (Å²) in [6.45, 7) is 0.750. The number of hydrogen-bond donors (Lipinski definition) is 0. The molecule has 22 heavy (non-hydrogen) atoms. The molecule has 0 bridgehead atoms.